The molecule has 1 aliphatic rings. The van der Waals surface area contributed by atoms with E-state index in [2.05, 4.69) is 10.3 Å². The summed E-state index contributed by atoms with van der Waals surface area (Å²) in [5.74, 6) is -1.10. The molecule has 0 radical (unpaired) electrons. The summed E-state index contributed by atoms with van der Waals surface area (Å²) in [4.78, 5) is 25.5. The van der Waals surface area contributed by atoms with Gasteiger partial charge >= 0.3 is 5.97 Å². The van der Waals surface area contributed by atoms with Gasteiger partial charge in [-0.15, -0.1) is 0 Å². The SMILES string of the molecule is O=C1COC(c2ccc(-c3cc4c(C(=O)O)c[nH]c4cc3Cl)cc2)CN1. The number of rotatable bonds is 3. The molecule has 7 heteroatoms. The van der Waals surface area contributed by atoms with Crippen LogP contribution in [0.2, 0.25) is 5.02 Å². The van der Waals surface area contributed by atoms with E-state index in [0.29, 0.717) is 22.5 Å². The minimum Gasteiger partial charge on any atom is -0.478 e. The Labute approximate surface area is 153 Å². The first-order valence-corrected chi connectivity index (χ1v) is 8.43. The second-order valence-corrected chi connectivity index (χ2v) is 6.52. The molecule has 0 bridgehead atoms. The van der Waals surface area contributed by atoms with E-state index >= 15 is 0 Å². The van der Waals surface area contributed by atoms with Crippen molar-refractivity contribution in [1.29, 1.82) is 0 Å². The molecule has 4 rings (SSSR count). The number of morpholine rings is 1. The molecule has 6 nitrogen and oxygen atoms in total. The smallest absolute Gasteiger partial charge is 0.337 e. The topological polar surface area (TPSA) is 91.4 Å². The maximum Gasteiger partial charge on any atom is 0.337 e. The van der Waals surface area contributed by atoms with Crippen molar-refractivity contribution in [2.75, 3.05) is 13.2 Å². The largest absolute Gasteiger partial charge is 0.478 e. The van der Waals surface area contributed by atoms with E-state index < -0.39 is 5.97 Å². The first-order valence-electron chi connectivity index (χ1n) is 8.05. The number of nitrogens with one attached hydrogen (secondary N) is 2. The number of ether oxygens (including phenoxy) is 1. The third-order valence-corrected chi connectivity index (χ3v) is 4.81. The number of carbonyl (C=O) groups is 2. The summed E-state index contributed by atoms with van der Waals surface area (Å²) in [5, 5.41) is 13.2. The zero-order valence-corrected chi connectivity index (χ0v) is 14.3. The van der Waals surface area contributed by atoms with Gasteiger partial charge in [0.1, 0.15) is 12.7 Å². The second-order valence-electron chi connectivity index (χ2n) is 6.11. The van der Waals surface area contributed by atoms with E-state index in [1.807, 2.05) is 24.3 Å². The number of H-pyrrole nitrogens is 1. The molecule has 2 aromatic carbocycles. The van der Waals surface area contributed by atoms with E-state index in [4.69, 9.17) is 16.3 Å². The van der Waals surface area contributed by atoms with Crippen molar-refractivity contribution >= 4 is 34.4 Å². The van der Waals surface area contributed by atoms with Crippen LogP contribution in [0.4, 0.5) is 0 Å². The molecular weight excluding hydrogens is 356 g/mol. The fourth-order valence-corrected chi connectivity index (χ4v) is 3.40. The van der Waals surface area contributed by atoms with Crippen molar-refractivity contribution in [1.82, 2.24) is 10.3 Å². The number of carboxylic acids is 1. The third-order valence-electron chi connectivity index (χ3n) is 4.49. The highest BCUT2D eigenvalue weighted by Crippen LogP contribution is 2.34. The van der Waals surface area contributed by atoms with Crippen LogP contribution in [0.15, 0.2) is 42.6 Å². The van der Waals surface area contributed by atoms with E-state index in [-0.39, 0.29) is 24.2 Å². The maximum absolute atomic E-state index is 11.4. The van der Waals surface area contributed by atoms with Crippen molar-refractivity contribution in [3.63, 3.8) is 0 Å². The molecule has 26 heavy (non-hydrogen) atoms. The highest BCUT2D eigenvalue weighted by molar-refractivity contribution is 6.34. The molecule has 1 unspecified atom stereocenters. The Morgan fingerprint density at radius 2 is 2.00 bits per heavy atom. The van der Waals surface area contributed by atoms with Crippen LogP contribution in [0.25, 0.3) is 22.0 Å². The minimum absolute atomic E-state index is 0.0559. The molecule has 1 aromatic heterocycles. The standard InChI is InChI=1S/C19H15ClN2O4/c20-15-6-16-13(14(7-21-16)19(24)25)5-12(15)10-1-3-11(4-2-10)17-8-22-18(23)9-26-17/h1-7,17,21H,8-9H2,(H,22,23)(H,24,25). The number of aromatic carboxylic acids is 1. The van der Waals surface area contributed by atoms with Crippen LogP contribution < -0.4 is 5.32 Å². The summed E-state index contributed by atoms with van der Waals surface area (Å²) >= 11 is 6.39. The van der Waals surface area contributed by atoms with Crippen LogP contribution in [0.5, 0.6) is 0 Å². The molecule has 1 atom stereocenters. The number of aromatic amines is 1. The number of carboxylic acid groups (broad SMARTS) is 1. The molecule has 3 N–H and O–H groups in total. The van der Waals surface area contributed by atoms with Crippen molar-refractivity contribution in [2.24, 2.45) is 0 Å². The highest BCUT2D eigenvalue weighted by atomic mass is 35.5. The van der Waals surface area contributed by atoms with Crippen LogP contribution >= 0.6 is 11.6 Å². The van der Waals surface area contributed by atoms with Crippen molar-refractivity contribution in [3.05, 3.63) is 58.7 Å². The van der Waals surface area contributed by atoms with Gasteiger partial charge in [-0.1, -0.05) is 35.9 Å². The van der Waals surface area contributed by atoms with E-state index in [9.17, 15) is 14.7 Å². The number of carbonyl (C=O) groups excluding carboxylic acids is 1. The van der Waals surface area contributed by atoms with Gasteiger partial charge in [-0.05, 0) is 23.3 Å². The lowest BCUT2D eigenvalue weighted by molar-refractivity contribution is -0.133. The van der Waals surface area contributed by atoms with Crippen molar-refractivity contribution in [3.8, 4) is 11.1 Å². The molecule has 1 aliphatic heterocycles. The zero-order chi connectivity index (χ0) is 18.3. The number of hydrogen-bond acceptors (Lipinski definition) is 3. The molecule has 3 aromatic rings. The molecule has 0 saturated carbocycles. The predicted molar refractivity (Wildman–Crippen MR) is 97.4 cm³/mol. The van der Waals surface area contributed by atoms with Gasteiger partial charge in [-0.25, -0.2) is 4.79 Å². The summed E-state index contributed by atoms with van der Waals surface area (Å²) in [5.41, 5.74) is 3.47. The van der Waals surface area contributed by atoms with Gasteiger partial charge < -0.3 is 20.1 Å². The Hall–Kier alpha value is -2.83. The van der Waals surface area contributed by atoms with Crippen LogP contribution in [0, 0.1) is 0 Å². The molecule has 1 amide bonds. The first-order chi connectivity index (χ1) is 12.5. The summed E-state index contributed by atoms with van der Waals surface area (Å²) < 4.78 is 5.53. The Balaban J connectivity index is 1.68. The normalized spacial score (nSPS) is 17.3. The Kier molecular flexibility index (Phi) is 4.14. The predicted octanol–water partition coefficient (Wildman–Crippen LogP) is 3.37. The van der Waals surface area contributed by atoms with Gasteiger partial charge in [0.2, 0.25) is 5.91 Å². The monoisotopic (exact) mass is 370 g/mol. The van der Waals surface area contributed by atoms with Crippen LogP contribution in [0.1, 0.15) is 22.0 Å². The average Bonchev–Trinajstić information content (AvgIpc) is 3.05. The van der Waals surface area contributed by atoms with Crippen LogP contribution in [-0.2, 0) is 9.53 Å². The fraction of sp³-hybridized carbons (Fsp3) is 0.158. The van der Waals surface area contributed by atoms with E-state index in [0.717, 1.165) is 16.7 Å². The van der Waals surface area contributed by atoms with Gasteiger partial charge in [0.25, 0.3) is 0 Å². The van der Waals surface area contributed by atoms with E-state index in [1.54, 1.807) is 12.1 Å². The third kappa shape index (κ3) is 2.94. The maximum atomic E-state index is 11.4. The quantitative estimate of drug-likeness (QED) is 0.659. The summed E-state index contributed by atoms with van der Waals surface area (Å²) in [7, 11) is 0. The van der Waals surface area contributed by atoms with Crippen molar-refractivity contribution in [2.45, 2.75) is 6.10 Å². The van der Waals surface area contributed by atoms with Gasteiger partial charge in [0.15, 0.2) is 0 Å². The van der Waals surface area contributed by atoms with Crippen LogP contribution in [-0.4, -0.2) is 35.1 Å². The van der Waals surface area contributed by atoms with Gasteiger partial charge in [-0.2, -0.15) is 0 Å². The first kappa shape index (κ1) is 16.6. The number of benzene rings is 2. The van der Waals surface area contributed by atoms with Gasteiger partial charge in [0, 0.05) is 29.2 Å². The molecule has 0 aliphatic carbocycles. The molecule has 0 spiro atoms. The average molecular weight is 371 g/mol. The molecular formula is C19H15ClN2O4. The Morgan fingerprint density at radius 1 is 1.23 bits per heavy atom. The van der Waals surface area contributed by atoms with Crippen LogP contribution in [0.3, 0.4) is 0 Å². The van der Waals surface area contributed by atoms with Gasteiger partial charge in [-0.3, -0.25) is 4.79 Å². The Bertz CT molecular complexity index is 1000. The number of fused-ring (bicyclic) bond motifs is 1. The highest BCUT2D eigenvalue weighted by Gasteiger charge is 2.20. The number of halogens is 1. The lowest BCUT2D eigenvalue weighted by Gasteiger charge is -2.23. The fourth-order valence-electron chi connectivity index (χ4n) is 3.13. The van der Waals surface area contributed by atoms with E-state index in [1.165, 1.54) is 6.20 Å². The molecule has 132 valence electrons. The lowest BCUT2D eigenvalue weighted by Crippen LogP contribution is -2.38. The molecule has 1 saturated heterocycles. The number of hydrogen-bond donors (Lipinski definition) is 3. The Morgan fingerprint density at radius 3 is 2.65 bits per heavy atom. The summed E-state index contributed by atoms with van der Waals surface area (Å²) in [6, 6.07) is 11.2. The number of amides is 1. The van der Waals surface area contributed by atoms with Gasteiger partial charge in [0.05, 0.1) is 10.6 Å². The molecule has 1 fully saturated rings. The molecule has 2 heterocycles. The van der Waals surface area contributed by atoms with Crippen molar-refractivity contribution < 1.29 is 19.4 Å². The summed E-state index contributed by atoms with van der Waals surface area (Å²) in [6.07, 6.45) is 1.29. The number of aromatic nitrogens is 1. The second kappa shape index (κ2) is 6.48. The minimum atomic E-state index is -0.989. The zero-order valence-electron chi connectivity index (χ0n) is 13.6. The summed E-state index contributed by atoms with van der Waals surface area (Å²) in [6.45, 7) is 0.497. The lowest BCUT2D eigenvalue weighted by atomic mass is 9.99.